The van der Waals surface area contributed by atoms with E-state index in [0.29, 0.717) is 5.56 Å². The van der Waals surface area contributed by atoms with Gasteiger partial charge in [-0.25, -0.2) is 4.99 Å². The molecule has 1 fully saturated rings. The van der Waals surface area contributed by atoms with Crippen LogP contribution in [0.1, 0.15) is 34.1 Å². The molecule has 0 aliphatic heterocycles. The third-order valence-electron chi connectivity index (χ3n) is 7.47. The molecule has 5 rings (SSSR count). The van der Waals surface area contributed by atoms with Crippen LogP contribution in [0.4, 0.5) is 11.4 Å². The molecule has 12 heteroatoms. The molecule has 4 aromatic carbocycles. The number of benzene rings is 4. The van der Waals surface area contributed by atoms with Crippen molar-refractivity contribution >= 4 is 23.7 Å². The van der Waals surface area contributed by atoms with E-state index in [4.69, 9.17) is 4.74 Å². The van der Waals surface area contributed by atoms with E-state index in [0.717, 1.165) is 24.1 Å². The van der Waals surface area contributed by atoms with Gasteiger partial charge >= 0.3 is 0 Å². The van der Waals surface area contributed by atoms with Crippen LogP contribution in [0.25, 0.3) is 0 Å². The second-order valence-corrected chi connectivity index (χ2v) is 10.3. The molecule has 0 saturated heterocycles. The summed E-state index contributed by atoms with van der Waals surface area (Å²) in [5.41, 5.74) is -0.453. The molecule has 12 nitrogen and oxygen atoms in total. The molecular formula is C32H28N2O10-2. The molecule has 0 radical (unpaired) electrons. The lowest BCUT2D eigenvalue weighted by Gasteiger charge is -2.61. The van der Waals surface area contributed by atoms with Crippen molar-refractivity contribution in [3.63, 3.8) is 0 Å². The number of hydrogen-bond acceptors (Lipinski definition) is 11. The minimum absolute atomic E-state index is 0.114. The summed E-state index contributed by atoms with van der Waals surface area (Å²) in [4.78, 5) is 16.5. The first-order valence-corrected chi connectivity index (χ1v) is 13.5. The van der Waals surface area contributed by atoms with Crippen molar-refractivity contribution in [2.75, 3.05) is 5.32 Å². The van der Waals surface area contributed by atoms with Gasteiger partial charge in [0.2, 0.25) is 5.91 Å². The molecule has 0 spiro atoms. The molecule has 1 saturated carbocycles. The number of amides is 1. The maximum absolute atomic E-state index is 13.4. The Balaban J connectivity index is 1.38. The van der Waals surface area contributed by atoms with Crippen molar-refractivity contribution in [3.8, 4) is 34.5 Å². The lowest BCUT2D eigenvalue weighted by molar-refractivity contribution is -0.536. The second-order valence-electron chi connectivity index (χ2n) is 10.3. The van der Waals surface area contributed by atoms with Gasteiger partial charge in [-0.3, -0.25) is 4.79 Å². The Hall–Kier alpha value is -5.46. The van der Waals surface area contributed by atoms with E-state index >= 15 is 0 Å². The van der Waals surface area contributed by atoms with Gasteiger partial charge in [0.15, 0.2) is 17.8 Å². The van der Waals surface area contributed by atoms with E-state index < -0.39 is 86.9 Å². The zero-order valence-electron chi connectivity index (χ0n) is 23.0. The summed E-state index contributed by atoms with van der Waals surface area (Å²) in [6, 6.07) is 19.3. The molecule has 44 heavy (non-hydrogen) atoms. The van der Waals surface area contributed by atoms with E-state index in [-0.39, 0.29) is 13.0 Å². The fourth-order valence-electron chi connectivity index (χ4n) is 5.31. The van der Waals surface area contributed by atoms with Gasteiger partial charge in [-0.15, -0.1) is 12.2 Å². The Morgan fingerprint density at radius 1 is 0.750 bits per heavy atom. The van der Waals surface area contributed by atoms with Crippen LogP contribution in [0, 0.1) is 0 Å². The molecular weight excluding hydrogens is 572 g/mol. The molecule has 228 valence electrons. The number of phenolic OH excluding ortho intramolecular Hbond substituents is 6. The molecule has 1 aliphatic rings. The Morgan fingerprint density at radius 3 is 1.86 bits per heavy atom. The van der Waals surface area contributed by atoms with Gasteiger partial charge in [-0.1, -0.05) is 60.7 Å². The molecule has 0 aromatic heterocycles. The highest BCUT2D eigenvalue weighted by Gasteiger charge is 2.44. The molecule has 1 aliphatic carbocycles. The number of aliphatic imine (C=N–C) groups is 1. The van der Waals surface area contributed by atoms with Gasteiger partial charge < -0.3 is 50.9 Å². The topological polar surface area (TPSA) is 218 Å². The van der Waals surface area contributed by atoms with Crippen LogP contribution >= 0.6 is 0 Å². The number of ether oxygens (including phenoxy) is 1. The maximum Gasteiger partial charge on any atom is 0.228 e. The summed E-state index contributed by atoms with van der Waals surface area (Å²) in [5, 5.41) is 92.6. The first-order chi connectivity index (χ1) is 21.1. The molecule has 1 amide bonds. The van der Waals surface area contributed by atoms with Crippen molar-refractivity contribution in [1.82, 2.24) is 0 Å². The number of carbonyl (C=O) groups excluding carboxylic acids is 1. The largest absolute Gasteiger partial charge is 0.851 e. The van der Waals surface area contributed by atoms with Crippen LogP contribution < -0.4 is 15.5 Å². The average molecular weight is 601 g/mol. The first kappa shape index (κ1) is 30.0. The SMILES string of the molecule is O=C(Cc1ccccc1)Nc1c(O)cc(O)c(C2C([O-])C(c3c(O)cc(O)c(N=COCc4ccccc4)c3O)C2[O-])c1O. The van der Waals surface area contributed by atoms with E-state index in [1.54, 1.807) is 30.3 Å². The fourth-order valence-corrected chi connectivity index (χ4v) is 5.31. The highest BCUT2D eigenvalue weighted by molar-refractivity contribution is 5.96. The third-order valence-corrected chi connectivity index (χ3v) is 7.47. The second kappa shape index (κ2) is 12.4. The zero-order valence-corrected chi connectivity index (χ0v) is 23.0. The summed E-state index contributed by atoms with van der Waals surface area (Å²) >= 11 is 0. The van der Waals surface area contributed by atoms with Gasteiger partial charge in [0, 0.05) is 23.3 Å². The summed E-state index contributed by atoms with van der Waals surface area (Å²) < 4.78 is 5.32. The lowest BCUT2D eigenvalue weighted by atomic mass is 9.62. The predicted octanol–water partition coefficient (Wildman–Crippen LogP) is 2.32. The number of aromatic hydroxyl groups is 6. The highest BCUT2D eigenvalue weighted by atomic mass is 16.5. The van der Waals surface area contributed by atoms with E-state index in [9.17, 15) is 45.6 Å². The number of rotatable bonds is 9. The predicted molar refractivity (Wildman–Crippen MR) is 154 cm³/mol. The summed E-state index contributed by atoms with van der Waals surface area (Å²) in [5.74, 6) is -8.32. The van der Waals surface area contributed by atoms with E-state index in [1.807, 2.05) is 30.3 Å². The van der Waals surface area contributed by atoms with Crippen molar-refractivity contribution in [3.05, 3.63) is 95.1 Å². The number of nitrogens with zero attached hydrogens (tertiary/aromatic N) is 1. The Kier molecular flexibility index (Phi) is 8.47. The molecule has 4 aromatic rings. The fraction of sp³-hybridized carbons (Fsp3) is 0.188. The number of nitrogens with one attached hydrogen (secondary N) is 1. The van der Waals surface area contributed by atoms with Crippen molar-refractivity contribution < 1.29 is 50.4 Å². The summed E-state index contributed by atoms with van der Waals surface area (Å²) in [6.45, 7) is 0.126. The summed E-state index contributed by atoms with van der Waals surface area (Å²) in [7, 11) is 0. The van der Waals surface area contributed by atoms with Crippen LogP contribution in [0.2, 0.25) is 0 Å². The van der Waals surface area contributed by atoms with Crippen molar-refractivity contribution in [2.24, 2.45) is 4.99 Å². The Bertz CT molecular complexity index is 1690. The maximum atomic E-state index is 13.4. The van der Waals surface area contributed by atoms with Gasteiger partial charge in [0.1, 0.15) is 41.0 Å². The Morgan fingerprint density at radius 2 is 1.27 bits per heavy atom. The number of phenols is 6. The molecule has 7 N–H and O–H groups in total. The highest BCUT2D eigenvalue weighted by Crippen LogP contribution is 2.58. The monoisotopic (exact) mass is 600 g/mol. The van der Waals surface area contributed by atoms with Crippen LogP contribution in [0.3, 0.4) is 0 Å². The first-order valence-electron chi connectivity index (χ1n) is 13.5. The smallest absolute Gasteiger partial charge is 0.228 e. The number of anilines is 1. The van der Waals surface area contributed by atoms with E-state index in [2.05, 4.69) is 10.3 Å². The van der Waals surface area contributed by atoms with Crippen LogP contribution in [-0.4, -0.2) is 55.2 Å². The standard InChI is InChI=1S/C32H28N2O10/c35-18-12-20(37)27(33-15-44-14-17-9-5-2-6-10-17)31(42)23(18)25-29(40)26(30(25)41)24-19(36)13-21(38)28(32(24)43)34-22(39)11-16-7-3-1-4-8-16/h1-10,12-13,15,25-26,29-30,35-38,42-43H,11,14H2,(H,34,39)/q-2. The lowest BCUT2D eigenvalue weighted by Crippen LogP contribution is -2.63. The van der Waals surface area contributed by atoms with Crippen LogP contribution in [0.5, 0.6) is 34.5 Å². The van der Waals surface area contributed by atoms with Gasteiger partial charge in [0.25, 0.3) is 0 Å². The minimum atomic E-state index is -1.92. The van der Waals surface area contributed by atoms with Crippen molar-refractivity contribution in [1.29, 1.82) is 0 Å². The third kappa shape index (κ3) is 5.76. The average Bonchev–Trinajstić information content (AvgIpc) is 2.99. The summed E-state index contributed by atoms with van der Waals surface area (Å²) in [6.07, 6.45) is -2.99. The Labute approximate surface area is 251 Å². The zero-order chi connectivity index (χ0) is 31.5. The van der Waals surface area contributed by atoms with Crippen molar-refractivity contribution in [2.45, 2.75) is 37.1 Å². The van der Waals surface area contributed by atoms with Crippen LogP contribution in [0.15, 0.2) is 77.8 Å². The minimum Gasteiger partial charge on any atom is -0.851 e. The molecule has 0 bridgehead atoms. The van der Waals surface area contributed by atoms with Gasteiger partial charge in [0.05, 0.1) is 6.42 Å². The quantitative estimate of drug-likeness (QED) is 0.0643. The molecule has 2 atom stereocenters. The molecule has 2 unspecified atom stereocenters. The van der Waals surface area contributed by atoms with Gasteiger partial charge in [-0.05, 0) is 23.0 Å². The molecule has 0 heterocycles. The van der Waals surface area contributed by atoms with Gasteiger partial charge in [-0.2, -0.15) is 0 Å². The number of hydrogen-bond donors (Lipinski definition) is 7. The van der Waals surface area contributed by atoms with Crippen LogP contribution in [-0.2, 0) is 22.6 Å². The van der Waals surface area contributed by atoms with E-state index in [1.165, 1.54) is 0 Å². The number of carbonyl (C=O) groups is 1. The normalized spacial score (nSPS) is 19.4.